The van der Waals surface area contributed by atoms with Crippen LogP contribution in [0.15, 0.2) is 22.7 Å². The lowest BCUT2D eigenvalue weighted by Crippen LogP contribution is -2.42. The van der Waals surface area contributed by atoms with Crippen LogP contribution < -0.4 is 5.32 Å². The Kier molecular flexibility index (Phi) is 3.75. The Bertz CT molecular complexity index is 572. The Labute approximate surface area is 116 Å². The molecule has 2 heterocycles. The summed E-state index contributed by atoms with van der Waals surface area (Å²) in [6, 6.07) is 4.75. The predicted molar refractivity (Wildman–Crippen MR) is 72.6 cm³/mol. The molecule has 1 aliphatic rings. The van der Waals surface area contributed by atoms with E-state index in [1.54, 1.807) is 0 Å². The minimum atomic E-state index is -0.284. The summed E-state index contributed by atoms with van der Waals surface area (Å²) in [5, 5.41) is 7.23. The summed E-state index contributed by atoms with van der Waals surface area (Å²) in [6.07, 6.45) is 0. The standard InChI is InChI=1S/C14H17FN4O/c1-10-6-11(8-12(15)7-10)14-17-13(20-18-14)9-19-4-2-16-3-5-19/h6-8,16H,2-5,9H2,1H3. The Morgan fingerprint density at radius 2 is 2.10 bits per heavy atom. The molecule has 6 heteroatoms. The van der Waals surface area contributed by atoms with Crippen LogP contribution in [0.3, 0.4) is 0 Å². The van der Waals surface area contributed by atoms with Crippen molar-refractivity contribution in [1.29, 1.82) is 0 Å². The topological polar surface area (TPSA) is 54.2 Å². The fourth-order valence-electron chi connectivity index (χ4n) is 2.36. The molecule has 1 aromatic heterocycles. The fraction of sp³-hybridized carbons (Fsp3) is 0.429. The molecule has 0 amide bonds. The number of benzene rings is 1. The second-order valence-electron chi connectivity index (χ2n) is 5.06. The number of piperazine rings is 1. The van der Waals surface area contributed by atoms with Crippen molar-refractivity contribution in [2.45, 2.75) is 13.5 Å². The fourth-order valence-corrected chi connectivity index (χ4v) is 2.36. The third kappa shape index (κ3) is 3.02. The van der Waals surface area contributed by atoms with Gasteiger partial charge in [0.15, 0.2) is 0 Å². The highest BCUT2D eigenvalue weighted by Gasteiger charge is 2.15. The normalized spacial score (nSPS) is 16.5. The van der Waals surface area contributed by atoms with Gasteiger partial charge in [0, 0.05) is 31.7 Å². The molecule has 106 valence electrons. The molecule has 0 saturated carbocycles. The molecule has 1 aliphatic heterocycles. The van der Waals surface area contributed by atoms with Gasteiger partial charge in [-0.1, -0.05) is 5.16 Å². The van der Waals surface area contributed by atoms with Gasteiger partial charge in [0.2, 0.25) is 11.7 Å². The van der Waals surface area contributed by atoms with Crippen LogP contribution in [0.1, 0.15) is 11.5 Å². The Morgan fingerprint density at radius 3 is 2.85 bits per heavy atom. The summed E-state index contributed by atoms with van der Waals surface area (Å²) >= 11 is 0. The van der Waals surface area contributed by atoms with Gasteiger partial charge in [-0.2, -0.15) is 4.98 Å². The maximum absolute atomic E-state index is 13.4. The van der Waals surface area contributed by atoms with Crippen molar-refractivity contribution in [2.24, 2.45) is 0 Å². The summed E-state index contributed by atoms with van der Waals surface area (Å²) in [4.78, 5) is 6.60. The monoisotopic (exact) mass is 276 g/mol. The molecule has 2 aromatic rings. The summed E-state index contributed by atoms with van der Waals surface area (Å²) < 4.78 is 18.6. The first kappa shape index (κ1) is 13.2. The highest BCUT2D eigenvalue weighted by molar-refractivity contribution is 5.55. The van der Waals surface area contributed by atoms with Crippen molar-refractivity contribution in [3.8, 4) is 11.4 Å². The van der Waals surface area contributed by atoms with E-state index >= 15 is 0 Å². The van der Waals surface area contributed by atoms with E-state index in [-0.39, 0.29) is 5.82 Å². The number of nitrogens with zero attached hydrogens (tertiary/aromatic N) is 3. The first-order chi connectivity index (χ1) is 9.70. The van der Waals surface area contributed by atoms with Crippen molar-refractivity contribution in [3.05, 3.63) is 35.5 Å². The molecule has 1 aromatic carbocycles. The van der Waals surface area contributed by atoms with Crippen molar-refractivity contribution in [1.82, 2.24) is 20.4 Å². The molecule has 1 N–H and O–H groups in total. The molecule has 0 spiro atoms. The zero-order chi connectivity index (χ0) is 13.9. The third-order valence-corrected chi connectivity index (χ3v) is 3.34. The van der Waals surface area contributed by atoms with Gasteiger partial charge >= 0.3 is 0 Å². The SMILES string of the molecule is Cc1cc(F)cc(-c2noc(CN3CCNCC3)n2)c1. The summed E-state index contributed by atoms with van der Waals surface area (Å²) in [5.74, 6) is 0.731. The number of rotatable bonds is 3. The molecular formula is C14H17FN4O. The number of hydrogen-bond acceptors (Lipinski definition) is 5. The highest BCUT2D eigenvalue weighted by Crippen LogP contribution is 2.19. The first-order valence-corrected chi connectivity index (χ1v) is 6.74. The summed E-state index contributed by atoms with van der Waals surface area (Å²) in [5.41, 5.74) is 1.49. The molecule has 0 atom stereocenters. The second kappa shape index (κ2) is 5.68. The molecule has 1 fully saturated rings. The highest BCUT2D eigenvalue weighted by atomic mass is 19.1. The van der Waals surface area contributed by atoms with Gasteiger partial charge in [-0.15, -0.1) is 0 Å². The number of aryl methyl sites for hydroxylation is 1. The minimum Gasteiger partial charge on any atom is -0.338 e. The van der Waals surface area contributed by atoms with Crippen molar-refractivity contribution < 1.29 is 8.91 Å². The molecule has 3 rings (SSSR count). The van der Waals surface area contributed by atoms with E-state index in [9.17, 15) is 4.39 Å². The van der Waals surface area contributed by atoms with E-state index in [4.69, 9.17) is 4.52 Å². The average Bonchev–Trinajstić information content (AvgIpc) is 2.87. The van der Waals surface area contributed by atoms with Gasteiger partial charge in [0.1, 0.15) is 5.82 Å². The summed E-state index contributed by atoms with van der Waals surface area (Å²) in [6.45, 7) is 6.37. The molecule has 1 saturated heterocycles. The molecule has 0 aliphatic carbocycles. The molecule has 0 radical (unpaired) electrons. The van der Waals surface area contributed by atoms with Crippen LogP contribution in [0.4, 0.5) is 4.39 Å². The third-order valence-electron chi connectivity index (χ3n) is 3.34. The van der Waals surface area contributed by atoms with Crippen LogP contribution in [-0.2, 0) is 6.54 Å². The molecular weight excluding hydrogens is 259 g/mol. The Hall–Kier alpha value is -1.79. The lowest BCUT2D eigenvalue weighted by molar-refractivity contribution is 0.203. The van der Waals surface area contributed by atoms with Crippen LogP contribution in [0.2, 0.25) is 0 Å². The summed E-state index contributed by atoms with van der Waals surface area (Å²) in [7, 11) is 0. The molecule has 0 unspecified atom stereocenters. The molecule has 0 bridgehead atoms. The van der Waals surface area contributed by atoms with Crippen LogP contribution in [0.25, 0.3) is 11.4 Å². The van der Waals surface area contributed by atoms with Gasteiger partial charge in [-0.25, -0.2) is 4.39 Å². The van der Waals surface area contributed by atoms with E-state index < -0.39 is 0 Å². The lowest BCUT2D eigenvalue weighted by atomic mass is 10.1. The van der Waals surface area contributed by atoms with E-state index in [1.807, 2.05) is 13.0 Å². The van der Waals surface area contributed by atoms with Crippen LogP contribution >= 0.6 is 0 Å². The quantitative estimate of drug-likeness (QED) is 0.922. The van der Waals surface area contributed by atoms with Crippen LogP contribution in [-0.4, -0.2) is 41.2 Å². The number of hydrogen-bond donors (Lipinski definition) is 1. The zero-order valence-corrected chi connectivity index (χ0v) is 11.4. The van der Waals surface area contributed by atoms with E-state index in [2.05, 4.69) is 20.4 Å². The Balaban J connectivity index is 1.75. The van der Waals surface area contributed by atoms with Crippen molar-refractivity contribution >= 4 is 0 Å². The number of aromatic nitrogens is 2. The van der Waals surface area contributed by atoms with Crippen molar-refractivity contribution in [2.75, 3.05) is 26.2 Å². The van der Waals surface area contributed by atoms with Gasteiger partial charge < -0.3 is 9.84 Å². The second-order valence-corrected chi connectivity index (χ2v) is 5.06. The van der Waals surface area contributed by atoms with Gasteiger partial charge in [0.25, 0.3) is 0 Å². The van der Waals surface area contributed by atoms with Gasteiger partial charge in [-0.3, -0.25) is 4.90 Å². The number of nitrogens with one attached hydrogen (secondary N) is 1. The smallest absolute Gasteiger partial charge is 0.241 e. The largest absolute Gasteiger partial charge is 0.338 e. The average molecular weight is 276 g/mol. The Morgan fingerprint density at radius 1 is 1.30 bits per heavy atom. The maximum Gasteiger partial charge on any atom is 0.241 e. The van der Waals surface area contributed by atoms with E-state index in [0.717, 1.165) is 31.7 Å². The van der Waals surface area contributed by atoms with Gasteiger partial charge in [-0.05, 0) is 30.7 Å². The molecule has 20 heavy (non-hydrogen) atoms. The van der Waals surface area contributed by atoms with Crippen LogP contribution in [0, 0.1) is 12.7 Å². The van der Waals surface area contributed by atoms with Crippen molar-refractivity contribution in [3.63, 3.8) is 0 Å². The first-order valence-electron chi connectivity index (χ1n) is 6.74. The zero-order valence-electron chi connectivity index (χ0n) is 11.4. The van der Waals surface area contributed by atoms with Crippen LogP contribution in [0.5, 0.6) is 0 Å². The van der Waals surface area contributed by atoms with Gasteiger partial charge in [0.05, 0.1) is 6.54 Å². The minimum absolute atomic E-state index is 0.284. The maximum atomic E-state index is 13.4. The van der Waals surface area contributed by atoms with E-state index in [1.165, 1.54) is 12.1 Å². The molecule has 5 nitrogen and oxygen atoms in total. The number of halogens is 1. The predicted octanol–water partition coefficient (Wildman–Crippen LogP) is 1.59. The van der Waals surface area contributed by atoms with E-state index in [0.29, 0.717) is 23.8 Å². The lowest BCUT2D eigenvalue weighted by Gasteiger charge is -2.25.